The van der Waals surface area contributed by atoms with Gasteiger partial charge in [0.05, 0.1) is 7.11 Å². The third-order valence-electron chi connectivity index (χ3n) is 1.65. The number of aryl methyl sites for hydroxylation is 1. The molecule has 0 aliphatic rings. The molecule has 0 saturated carbocycles. The topological polar surface area (TPSA) is 44.1 Å². The number of hydrogen-bond acceptors (Lipinski definition) is 3. The van der Waals surface area contributed by atoms with E-state index in [2.05, 4.69) is 9.84 Å². The Balaban J connectivity index is 0.00000196. The zero-order valence-electron chi connectivity index (χ0n) is 8.50. The molecule has 0 aliphatic heterocycles. The van der Waals surface area contributed by atoms with E-state index in [0.29, 0.717) is 10.7 Å². The molecule has 0 atom stereocenters. The van der Waals surface area contributed by atoms with Crippen LogP contribution in [0.15, 0.2) is 6.07 Å². The number of hydrogen-bond donors (Lipinski definition) is 0. The average molecular weight is 246 g/mol. The van der Waals surface area contributed by atoms with Crippen LogP contribution in [0.25, 0.3) is 0 Å². The summed E-state index contributed by atoms with van der Waals surface area (Å²) in [6.07, 6.45) is 0. The van der Waals surface area contributed by atoms with Crippen LogP contribution in [-0.4, -0.2) is 29.8 Å². The number of carbonyl (C=O) groups is 1. The molecule has 4 nitrogen and oxygen atoms in total. The predicted molar refractivity (Wildman–Crippen MR) is 43.3 cm³/mol. The number of halogens is 3. The number of methoxy groups -OCH3 is 1. The van der Waals surface area contributed by atoms with Gasteiger partial charge in [0, 0.05) is 7.05 Å². The van der Waals surface area contributed by atoms with Crippen molar-refractivity contribution in [1.29, 1.82) is 0 Å². The number of carbonyl (C=O) groups excluding carboxylic acids is 1. The summed E-state index contributed by atoms with van der Waals surface area (Å²) < 4.78 is 41.7. The van der Waals surface area contributed by atoms with E-state index in [-0.39, 0.29) is 57.1 Å². The zero-order chi connectivity index (χ0) is 10.9. The van der Waals surface area contributed by atoms with Crippen LogP contribution >= 0.6 is 0 Å². The summed E-state index contributed by atoms with van der Waals surface area (Å²) in [5, 5.41) is 3.39. The van der Waals surface area contributed by atoms with E-state index in [1.54, 1.807) is 0 Å². The van der Waals surface area contributed by atoms with Crippen molar-refractivity contribution in [3.8, 4) is 0 Å². The van der Waals surface area contributed by atoms with Crippen LogP contribution in [0, 0.1) is 0 Å². The van der Waals surface area contributed by atoms with Crippen molar-refractivity contribution in [1.82, 2.24) is 9.78 Å². The van der Waals surface area contributed by atoms with Gasteiger partial charge in [0.1, 0.15) is 0 Å². The fourth-order valence-corrected chi connectivity index (χ4v) is 0.992. The van der Waals surface area contributed by atoms with Crippen LogP contribution in [0.4, 0.5) is 12.9 Å². The van der Waals surface area contributed by atoms with Crippen molar-refractivity contribution in [3.05, 3.63) is 11.8 Å². The number of ether oxygens (including phenoxy) is 1. The van der Waals surface area contributed by atoms with Crippen LogP contribution in [0.3, 0.4) is 0 Å². The molecule has 0 spiro atoms. The Kier molecular flexibility index (Phi) is 5.55. The van der Waals surface area contributed by atoms with Gasteiger partial charge in [-0.1, -0.05) is 0 Å². The molecule has 0 unspecified atom stereocenters. The minimum Gasteiger partial charge on any atom is -0.464 e. The molecule has 0 bridgehead atoms. The first-order valence-electron chi connectivity index (χ1n) is 3.68. The first-order valence-corrected chi connectivity index (χ1v) is 3.68. The van der Waals surface area contributed by atoms with Crippen LogP contribution in [0.2, 0.25) is 0 Å². The average Bonchev–Trinajstić information content (AvgIpc) is 2.45. The number of nitrogens with zero attached hydrogens (tertiary/aromatic N) is 2. The van der Waals surface area contributed by atoms with Crippen LogP contribution < -0.4 is 57.0 Å². The van der Waals surface area contributed by atoms with Crippen molar-refractivity contribution >= 4 is 18.5 Å². The Morgan fingerprint density at radius 2 is 2.07 bits per heavy atom. The Morgan fingerprint density at radius 3 is 2.40 bits per heavy atom. The molecule has 0 radical (unpaired) electrons. The van der Waals surface area contributed by atoms with Gasteiger partial charge in [0.15, 0.2) is 5.69 Å². The summed E-state index contributed by atoms with van der Waals surface area (Å²) in [6, 6.07) is 0.672. The van der Waals surface area contributed by atoms with Gasteiger partial charge >= 0.3 is 64.3 Å². The van der Waals surface area contributed by atoms with E-state index >= 15 is 0 Å². The fraction of sp³-hybridized carbons (Fsp3) is 0.333. The molecule has 1 rings (SSSR count). The molecule has 9 heteroatoms. The molecule has 0 aromatic carbocycles. The number of rotatable bonds is 2. The minimum absolute atomic E-state index is 0. The SMILES string of the molecule is COC(=O)c1cc([B-](F)(F)F)n(C)n1.[K+]. The number of esters is 1. The normalized spacial score (nSPS) is 10.7. The van der Waals surface area contributed by atoms with Gasteiger partial charge in [-0.25, -0.2) is 4.79 Å². The molecule has 78 valence electrons. The molecule has 1 heterocycles. The van der Waals surface area contributed by atoms with Crippen molar-refractivity contribution in [2.45, 2.75) is 0 Å². The van der Waals surface area contributed by atoms with E-state index in [4.69, 9.17) is 0 Å². The smallest absolute Gasteiger partial charge is 0.464 e. The minimum atomic E-state index is -5.15. The van der Waals surface area contributed by atoms with Crippen molar-refractivity contribution in [3.63, 3.8) is 0 Å². The summed E-state index contributed by atoms with van der Waals surface area (Å²) in [5.74, 6) is -0.883. The summed E-state index contributed by atoms with van der Waals surface area (Å²) in [5.41, 5.74) is -1.27. The first-order chi connectivity index (χ1) is 6.36. The Hall–Kier alpha value is 0.171. The summed E-state index contributed by atoms with van der Waals surface area (Å²) in [6.45, 7) is -5.15. The second kappa shape index (κ2) is 5.48. The maximum atomic E-state index is 12.3. The molecule has 0 N–H and O–H groups in total. The van der Waals surface area contributed by atoms with Crippen molar-refractivity contribution in [2.75, 3.05) is 7.11 Å². The second-order valence-corrected chi connectivity index (χ2v) is 2.64. The molecule has 1 aromatic rings. The van der Waals surface area contributed by atoms with E-state index in [0.717, 1.165) is 14.2 Å². The van der Waals surface area contributed by atoms with Gasteiger partial charge in [0.25, 0.3) is 0 Å². The van der Waals surface area contributed by atoms with Gasteiger partial charge < -0.3 is 22.4 Å². The largest absolute Gasteiger partial charge is 1.00 e. The van der Waals surface area contributed by atoms with Gasteiger partial charge in [-0.3, -0.25) is 0 Å². The Labute approximate surface area is 127 Å². The summed E-state index contributed by atoms with van der Waals surface area (Å²) in [7, 11) is 2.20. The molecule has 0 aliphatic carbocycles. The van der Waals surface area contributed by atoms with Crippen LogP contribution in [0.1, 0.15) is 10.5 Å². The fourth-order valence-electron chi connectivity index (χ4n) is 0.992. The van der Waals surface area contributed by atoms with E-state index in [9.17, 15) is 17.7 Å². The quantitative estimate of drug-likeness (QED) is 0.420. The molecule has 1 aromatic heterocycles. The van der Waals surface area contributed by atoms with Gasteiger partial charge in [-0.05, 0) is 11.7 Å². The van der Waals surface area contributed by atoms with Gasteiger partial charge in [0.2, 0.25) is 0 Å². The molecular formula is C6H7BF3KN2O2. The van der Waals surface area contributed by atoms with E-state index < -0.39 is 18.5 Å². The predicted octanol–water partition coefficient (Wildman–Crippen LogP) is -2.73. The number of aromatic nitrogens is 2. The molecule has 15 heavy (non-hydrogen) atoms. The van der Waals surface area contributed by atoms with Crippen LogP contribution in [0.5, 0.6) is 0 Å². The van der Waals surface area contributed by atoms with Gasteiger partial charge in [-0.15, -0.1) is 0 Å². The van der Waals surface area contributed by atoms with Crippen molar-refractivity contribution in [2.24, 2.45) is 7.05 Å². The summed E-state index contributed by atoms with van der Waals surface area (Å²) >= 11 is 0. The molecule has 0 amide bonds. The first kappa shape index (κ1) is 15.2. The maximum absolute atomic E-state index is 12.3. The maximum Gasteiger partial charge on any atom is 1.00 e. The summed E-state index contributed by atoms with van der Waals surface area (Å²) in [4.78, 5) is 10.8. The second-order valence-electron chi connectivity index (χ2n) is 2.64. The van der Waals surface area contributed by atoms with Crippen molar-refractivity contribution < 1.29 is 73.9 Å². The third kappa shape index (κ3) is 3.59. The molecule has 0 fully saturated rings. The van der Waals surface area contributed by atoms with E-state index in [1.165, 1.54) is 0 Å². The molecule has 0 saturated heterocycles. The standard InChI is InChI=1S/C6H7BF3N2O2.K/c1-12-5(7(8,9)10)3-4(11-12)6(13)14-2;/h3H,1-2H3;/q-1;+1. The third-order valence-corrected chi connectivity index (χ3v) is 1.65. The van der Waals surface area contributed by atoms with E-state index in [1.807, 2.05) is 0 Å². The Bertz CT molecular complexity index is 366. The zero-order valence-corrected chi connectivity index (χ0v) is 11.6. The van der Waals surface area contributed by atoms with Gasteiger partial charge in [-0.2, -0.15) is 5.10 Å². The Morgan fingerprint density at radius 1 is 1.53 bits per heavy atom. The molecular weight excluding hydrogens is 239 g/mol. The monoisotopic (exact) mass is 246 g/mol. The van der Waals surface area contributed by atoms with Crippen LogP contribution in [-0.2, 0) is 11.8 Å².